The topological polar surface area (TPSA) is 94.9 Å². The summed E-state index contributed by atoms with van der Waals surface area (Å²) in [5.41, 5.74) is 2.84. The zero-order valence-corrected chi connectivity index (χ0v) is 22.5. The molecule has 1 fully saturated rings. The minimum absolute atomic E-state index is 0.113. The van der Waals surface area contributed by atoms with Crippen LogP contribution in [0.3, 0.4) is 0 Å². The van der Waals surface area contributed by atoms with E-state index in [1.807, 2.05) is 49.4 Å². The van der Waals surface area contributed by atoms with Crippen LogP contribution in [0, 0.1) is 6.92 Å². The van der Waals surface area contributed by atoms with Crippen molar-refractivity contribution >= 4 is 23.4 Å². The molecule has 1 aromatic heterocycles. The van der Waals surface area contributed by atoms with Crippen LogP contribution in [0.2, 0.25) is 5.02 Å². The summed E-state index contributed by atoms with van der Waals surface area (Å²) in [4.78, 5) is 28.0. The van der Waals surface area contributed by atoms with Gasteiger partial charge in [-0.15, -0.1) is 0 Å². The third kappa shape index (κ3) is 5.49. The minimum Gasteiger partial charge on any atom is -0.493 e. The van der Waals surface area contributed by atoms with Gasteiger partial charge in [0.2, 0.25) is 5.91 Å². The van der Waals surface area contributed by atoms with Crippen molar-refractivity contribution in [2.75, 3.05) is 20.2 Å². The molecule has 10 heteroatoms. The zero-order chi connectivity index (χ0) is 26.8. The van der Waals surface area contributed by atoms with Gasteiger partial charge in [0.05, 0.1) is 36.6 Å². The van der Waals surface area contributed by atoms with Crippen LogP contribution in [0.1, 0.15) is 40.2 Å². The molecule has 5 rings (SSSR count). The molecule has 4 bridgehead atoms. The number of carbonyl (C=O) groups excluding carboxylic acids is 2. The lowest BCUT2D eigenvalue weighted by atomic mass is 10.0. The number of aryl methyl sites for hydroxylation is 2. The van der Waals surface area contributed by atoms with Crippen molar-refractivity contribution in [3.05, 3.63) is 70.0 Å². The average molecular weight is 539 g/mol. The van der Waals surface area contributed by atoms with Gasteiger partial charge >= 0.3 is 0 Å². The number of piperidine rings is 1. The van der Waals surface area contributed by atoms with Crippen molar-refractivity contribution in [3.8, 4) is 17.2 Å². The Morgan fingerprint density at radius 1 is 1.18 bits per heavy atom. The highest BCUT2D eigenvalue weighted by molar-refractivity contribution is 6.34. The van der Waals surface area contributed by atoms with Gasteiger partial charge in [-0.3, -0.25) is 14.3 Å². The number of amides is 2. The molecule has 2 amide bonds. The third-order valence-corrected chi connectivity index (χ3v) is 7.56. The largest absolute Gasteiger partial charge is 0.493 e. The summed E-state index contributed by atoms with van der Waals surface area (Å²) in [6.07, 6.45) is 1.10. The lowest BCUT2D eigenvalue weighted by Crippen LogP contribution is -2.57. The number of rotatable bonds is 2. The second-order valence-corrected chi connectivity index (χ2v) is 10.0. The van der Waals surface area contributed by atoms with Crippen LogP contribution < -0.4 is 14.8 Å². The predicted octanol–water partition coefficient (Wildman–Crippen LogP) is 4.05. The summed E-state index contributed by atoms with van der Waals surface area (Å²) in [5, 5.41) is 7.78. The van der Waals surface area contributed by atoms with Crippen molar-refractivity contribution < 1.29 is 23.8 Å². The van der Waals surface area contributed by atoms with Gasteiger partial charge in [-0.25, -0.2) is 0 Å². The zero-order valence-electron chi connectivity index (χ0n) is 21.7. The van der Waals surface area contributed by atoms with Crippen molar-refractivity contribution in [2.45, 2.75) is 44.9 Å². The van der Waals surface area contributed by atoms with E-state index in [-0.39, 0.29) is 36.1 Å². The SMILES string of the molecule is COc1ccc2cc1Oc1cccc(c1)CO[C@H]1CCN(C(=O)c3nn(C)c(C)c3Cl)C[C@H]1NC(=O)CC2. The highest BCUT2D eigenvalue weighted by atomic mass is 35.5. The van der Waals surface area contributed by atoms with Crippen LogP contribution in [-0.4, -0.2) is 58.8 Å². The van der Waals surface area contributed by atoms with Crippen LogP contribution in [0.15, 0.2) is 42.5 Å². The van der Waals surface area contributed by atoms with Crippen LogP contribution in [0.25, 0.3) is 0 Å². The molecule has 3 heterocycles. The summed E-state index contributed by atoms with van der Waals surface area (Å²) in [6.45, 7) is 2.93. The van der Waals surface area contributed by atoms with Gasteiger partial charge in [0.25, 0.3) is 5.91 Å². The number of nitrogens with zero attached hydrogens (tertiary/aromatic N) is 3. The smallest absolute Gasteiger partial charge is 0.275 e. The van der Waals surface area contributed by atoms with Crippen LogP contribution >= 0.6 is 11.6 Å². The van der Waals surface area contributed by atoms with E-state index in [2.05, 4.69) is 10.4 Å². The lowest BCUT2D eigenvalue weighted by molar-refractivity contribution is -0.124. The molecule has 2 aromatic carbocycles. The molecule has 38 heavy (non-hydrogen) atoms. The summed E-state index contributed by atoms with van der Waals surface area (Å²) >= 11 is 6.39. The number of halogens is 1. The van der Waals surface area contributed by atoms with Crippen molar-refractivity contribution in [3.63, 3.8) is 0 Å². The second kappa shape index (κ2) is 11.0. The van der Waals surface area contributed by atoms with Gasteiger partial charge in [-0.05, 0) is 55.2 Å². The molecule has 1 N–H and O–H groups in total. The van der Waals surface area contributed by atoms with Gasteiger partial charge in [0, 0.05) is 26.6 Å². The number of nitrogens with one attached hydrogen (secondary N) is 1. The van der Waals surface area contributed by atoms with Gasteiger partial charge < -0.3 is 24.4 Å². The predicted molar refractivity (Wildman–Crippen MR) is 142 cm³/mol. The van der Waals surface area contributed by atoms with E-state index < -0.39 is 0 Å². The minimum atomic E-state index is -0.375. The summed E-state index contributed by atoms with van der Waals surface area (Å²) in [5.74, 6) is 1.51. The molecule has 0 saturated carbocycles. The van der Waals surface area contributed by atoms with Gasteiger partial charge in [-0.1, -0.05) is 29.8 Å². The Labute approximate surface area is 226 Å². The fourth-order valence-corrected chi connectivity index (χ4v) is 5.08. The number of ether oxygens (including phenoxy) is 3. The summed E-state index contributed by atoms with van der Waals surface area (Å²) < 4.78 is 19.5. The molecule has 1 saturated heterocycles. The Kier molecular flexibility index (Phi) is 7.58. The number of hydrogen-bond donors (Lipinski definition) is 1. The maximum Gasteiger partial charge on any atom is 0.275 e. The highest BCUT2D eigenvalue weighted by Crippen LogP contribution is 2.33. The maximum absolute atomic E-state index is 13.3. The Balaban J connectivity index is 1.39. The number of benzene rings is 2. The molecule has 2 aliphatic heterocycles. The molecule has 0 unspecified atom stereocenters. The first-order valence-electron chi connectivity index (χ1n) is 12.7. The van der Waals surface area contributed by atoms with E-state index in [0.29, 0.717) is 54.8 Å². The standard InChI is InChI=1S/C28H31ClN4O5/c1-17-26(29)27(31-32(17)2)28(35)33-12-11-22-21(15-33)30-25(34)10-8-18-7-9-23(36-3)24(14-18)38-20-6-4-5-19(13-20)16-37-22/h4-7,9,13-14,21-22H,8,10-12,15-16H2,1-3H3,(H,30,34)/t21-,22+/m1/s1. The molecule has 0 spiro atoms. The molecule has 0 aliphatic carbocycles. The molecule has 2 atom stereocenters. The first kappa shape index (κ1) is 26.1. The molecular formula is C28H31ClN4O5. The number of hydrogen-bond acceptors (Lipinski definition) is 6. The molecule has 0 radical (unpaired) electrons. The van der Waals surface area contributed by atoms with Crippen molar-refractivity contribution in [1.82, 2.24) is 20.0 Å². The second-order valence-electron chi connectivity index (χ2n) is 9.67. The van der Waals surface area contributed by atoms with E-state index in [4.69, 9.17) is 25.8 Å². The number of aromatic nitrogens is 2. The Bertz CT molecular complexity index is 1360. The normalized spacial score (nSPS) is 19.9. The fraction of sp³-hybridized carbons (Fsp3) is 0.393. The van der Waals surface area contributed by atoms with E-state index >= 15 is 0 Å². The first-order chi connectivity index (χ1) is 18.3. The van der Waals surface area contributed by atoms with E-state index in [1.165, 1.54) is 0 Å². The first-order valence-corrected chi connectivity index (χ1v) is 13.0. The number of fused-ring (bicyclic) bond motifs is 5. The Morgan fingerprint density at radius 2 is 2.03 bits per heavy atom. The van der Waals surface area contributed by atoms with Crippen molar-refractivity contribution in [2.24, 2.45) is 7.05 Å². The molecule has 9 nitrogen and oxygen atoms in total. The van der Waals surface area contributed by atoms with Gasteiger partial charge in [0.1, 0.15) is 5.75 Å². The number of likely N-dealkylation sites (tertiary alicyclic amines) is 1. The summed E-state index contributed by atoms with van der Waals surface area (Å²) in [7, 11) is 3.35. The average Bonchev–Trinajstić information content (AvgIpc) is 3.17. The maximum atomic E-state index is 13.3. The number of methoxy groups -OCH3 is 1. The molecule has 2 aliphatic rings. The lowest BCUT2D eigenvalue weighted by Gasteiger charge is -2.38. The van der Waals surface area contributed by atoms with Crippen LogP contribution in [-0.2, 0) is 29.6 Å². The highest BCUT2D eigenvalue weighted by Gasteiger charge is 2.35. The van der Waals surface area contributed by atoms with Crippen LogP contribution in [0.5, 0.6) is 17.2 Å². The van der Waals surface area contributed by atoms with Gasteiger partial charge in [-0.2, -0.15) is 5.10 Å². The molecular weight excluding hydrogens is 508 g/mol. The third-order valence-electron chi connectivity index (χ3n) is 7.11. The van der Waals surface area contributed by atoms with E-state index in [0.717, 1.165) is 16.8 Å². The quantitative estimate of drug-likeness (QED) is 0.529. The van der Waals surface area contributed by atoms with Crippen molar-refractivity contribution in [1.29, 1.82) is 0 Å². The molecule has 200 valence electrons. The monoisotopic (exact) mass is 538 g/mol. The van der Waals surface area contributed by atoms with Crippen LogP contribution in [0.4, 0.5) is 0 Å². The summed E-state index contributed by atoms with van der Waals surface area (Å²) in [6, 6.07) is 13.0. The molecule has 3 aromatic rings. The Morgan fingerprint density at radius 3 is 2.79 bits per heavy atom. The van der Waals surface area contributed by atoms with E-state index in [1.54, 1.807) is 23.7 Å². The Hall–Kier alpha value is -3.56. The fourth-order valence-electron chi connectivity index (χ4n) is 4.84. The van der Waals surface area contributed by atoms with Gasteiger partial charge in [0.15, 0.2) is 17.2 Å². The van der Waals surface area contributed by atoms with E-state index in [9.17, 15) is 9.59 Å². The number of carbonyl (C=O) groups is 2.